The van der Waals surface area contributed by atoms with Crippen molar-refractivity contribution in [2.24, 2.45) is 29.6 Å². The highest BCUT2D eigenvalue weighted by Crippen LogP contribution is 2.47. The van der Waals surface area contributed by atoms with E-state index in [4.69, 9.17) is 51.1 Å². The lowest BCUT2D eigenvalue weighted by molar-refractivity contribution is 0.0734. The Hall–Kier alpha value is -9.92. The quantitative estimate of drug-likeness (QED) is 0.0348. The molecule has 8 aliphatic heterocycles. The monoisotopic (exact) mass is 1930 g/mol. The highest BCUT2D eigenvalue weighted by molar-refractivity contribution is 6.36. The Morgan fingerprint density at radius 3 is 1.01 bits per heavy atom. The molecule has 9 atom stereocenters. The fourth-order valence-corrected chi connectivity index (χ4v) is 26.2. The number of aryl methyl sites for hydroxylation is 5. The second-order valence-corrected chi connectivity index (χ2v) is 42.8. The van der Waals surface area contributed by atoms with E-state index in [0.717, 1.165) is 212 Å². The summed E-state index contributed by atoms with van der Waals surface area (Å²) in [5, 5.41) is 6.76. The summed E-state index contributed by atoms with van der Waals surface area (Å²) in [6, 6.07) is 60.5. The fraction of sp³-hybridized carbons (Fsp3) is 0.453. The molecule has 0 N–H and O–H groups in total. The zero-order valence-electron chi connectivity index (χ0n) is 81.4. The number of piperidine rings is 4. The van der Waals surface area contributed by atoms with Gasteiger partial charge in [0.05, 0.1) is 34.2 Å². The molecule has 0 saturated carbocycles. The van der Waals surface area contributed by atoms with Crippen molar-refractivity contribution >= 4 is 136 Å². The Morgan fingerprint density at radius 1 is 0.333 bits per heavy atom. The van der Waals surface area contributed by atoms with Crippen molar-refractivity contribution in [1.82, 2.24) is 37.9 Å². The van der Waals surface area contributed by atoms with E-state index in [2.05, 4.69) is 95.2 Å². The molecule has 8 bridgehead atoms. The van der Waals surface area contributed by atoms with Crippen LogP contribution in [0.15, 0.2) is 201 Å². The first-order valence-electron chi connectivity index (χ1n) is 50.8. The van der Waals surface area contributed by atoms with Crippen molar-refractivity contribution in [3.63, 3.8) is 0 Å². The van der Waals surface area contributed by atoms with Gasteiger partial charge in [-0.1, -0.05) is 151 Å². The lowest BCUT2D eigenvalue weighted by Gasteiger charge is -2.40. The molecule has 8 aliphatic rings. The van der Waals surface area contributed by atoms with Gasteiger partial charge in [0, 0.05) is 232 Å². The van der Waals surface area contributed by atoms with Gasteiger partial charge in [-0.3, -0.25) is 58.0 Å². The van der Waals surface area contributed by atoms with E-state index in [-0.39, 0.29) is 46.3 Å². The molecule has 8 aromatic carbocycles. The number of aromatic nitrogens is 4. The number of hydrogen-bond donors (Lipinski definition) is 0. The van der Waals surface area contributed by atoms with Crippen LogP contribution in [0.2, 0.25) is 20.1 Å². The van der Waals surface area contributed by atoms with Crippen LogP contribution in [0.4, 0.5) is 0 Å². The summed E-state index contributed by atoms with van der Waals surface area (Å²) >= 11 is 24.4. The lowest BCUT2D eigenvalue weighted by Crippen LogP contribution is -2.45. The van der Waals surface area contributed by atoms with Gasteiger partial charge < -0.3 is 23.0 Å². The number of Topliss-reactive ketones (excluding diaryl/α,β-unsaturated/α-hetero) is 8. The number of ether oxygens (including phenoxy) is 1. The SMILES string of the molecule is CC(=O)c1cn(CCCN2C3CCC2CC(CC(=O)c2ccc(Cl)cc2)C3)c2c(C)cccc12.CC(=O)c1cn(CCCN2C3CCC2CC(CC(=O)c2ccccc2)C3)c2c(Cl)cccc12.CCc1cccc2c(C(C)=O)cn(CCCN3C4CCC3CC(CC(=O)c3ccc(Cl)cc3)C4)c12.COc1cccc2c(C(C)=O)cn(CC(C)CN3C4CCC3CC(CC(=O)c3ccc(Cl)cc3)C4)c12. The van der Waals surface area contributed by atoms with Gasteiger partial charge in [0.15, 0.2) is 46.3 Å². The molecule has 8 fully saturated rings. The van der Waals surface area contributed by atoms with Gasteiger partial charge in [-0.15, -0.1) is 0 Å². The Labute approximate surface area is 833 Å². The molecule has 0 amide bonds. The van der Waals surface area contributed by atoms with Crippen molar-refractivity contribution in [1.29, 1.82) is 0 Å². The normalized spacial score (nSPS) is 22.4. The second kappa shape index (κ2) is 44.9. The van der Waals surface area contributed by atoms with Crippen LogP contribution in [-0.4, -0.2) is 166 Å². The molecule has 21 heteroatoms. The van der Waals surface area contributed by atoms with Crippen LogP contribution in [0.1, 0.15) is 283 Å². The molecule has 4 aromatic heterocycles. The predicted molar refractivity (Wildman–Crippen MR) is 558 cm³/mol. The number of carbonyl (C=O) groups is 8. The van der Waals surface area contributed by atoms with Gasteiger partial charge >= 0.3 is 0 Å². The van der Waals surface area contributed by atoms with Gasteiger partial charge in [0.1, 0.15) is 5.75 Å². The molecule has 12 aromatic rings. The average molecular weight is 1940 g/mol. The molecule has 17 nitrogen and oxygen atoms in total. The van der Waals surface area contributed by atoms with E-state index < -0.39 is 0 Å². The summed E-state index contributed by atoms with van der Waals surface area (Å²) in [5.74, 6) is 4.54. The number of nitrogens with zero attached hydrogens (tertiary/aromatic N) is 8. The van der Waals surface area contributed by atoms with Crippen molar-refractivity contribution in [3.8, 4) is 5.75 Å². The van der Waals surface area contributed by atoms with E-state index >= 15 is 0 Å². The minimum absolute atomic E-state index is 0.0752. The number of methoxy groups -OCH3 is 1. The lowest BCUT2D eigenvalue weighted by atomic mass is 9.85. The van der Waals surface area contributed by atoms with Crippen molar-refractivity contribution < 1.29 is 43.1 Å². The number of rotatable bonds is 34. The van der Waals surface area contributed by atoms with Crippen LogP contribution in [0.5, 0.6) is 5.75 Å². The highest BCUT2D eigenvalue weighted by atomic mass is 35.5. The summed E-state index contributed by atoms with van der Waals surface area (Å²) in [5.41, 5.74) is 13.2. The molecule has 138 heavy (non-hydrogen) atoms. The molecule has 0 radical (unpaired) electrons. The molecule has 12 heterocycles. The first-order chi connectivity index (χ1) is 66.7. The van der Waals surface area contributed by atoms with E-state index in [1.807, 2.05) is 128 Å². The molecule has 0 aliphatic carbocycles. The maximum atomic E-state index is 12.8. The zero-order chi connectivity index (χ0) is 96.7. The van der Waals surface area contributed by atoms with Crippen LogP contribution in [0.3, 0.4) is 0 Å². The number of para-hydroxylation sites is 4. The van der Waals surface area contributed by atoms with Gasteiger partial charge in [-0.25, -0.2) is 0 Å². The van der Waals surface area contributed by atoms with E-state index in [1.54, 1.807) is 71.2 Å². The maximum absolute atomic E-state index is 12.8. The summed E-state index contributed by atoms with van der Waals surface area (Å²) in [7, 11) is 1.68. The topological polar surface area (TPSA) is 178 Å². The minimum Gasteiger partial charge on any atom is -0.495 e. The fourth-order valence-electron chi connectivity index (χ4n) is 25.6. The molecule has 9 unspecified atom stereocenters. The summed E-state index contributed by atoms with van der Waals surface area (Å²) in [6.45, 7) is 20.9. The molecular weight excluding hydrogens is 1800 g/mol. The third kappa shape index (κ3) is 22.8. The van der Waals surface area contributed by atoms with Crippen LogP contribution < -0.4 is 4.74 Å². The number of fused-ring (bicyclic) bond motifs is 12. The van der Waals surface area contributed by atoms with Crippen molar-refractivity contribution in [2.45, 2.75) is 277 Å². The van der Waals surface area contributed by atoms with Crippen molar-refractivity contribution in [2.75, 3.05) is 33.3 Å². The number of hydrogen-bond acceptors (Lipinski definition) is 13. The minimum atomic E-state index is 0.0752. The van der Waals surface area contributed by atoms with Gasteiger partial charge in [-0.2, -0.15) is 0 Å². The van der Waals surface area contributed by atoms with Crippen LogP contribution in [-0.2, 0) is 32.6 Å². The number of ketones is 8. The van der Waals surface area contributed by atoms with Gasteiger partial charge in [-0.05, 0) is 289 Å². The Balaban J connectivity index is 0.000000127. The summed E-state index contributed by atoms with van der Waals surface area (Å²) < 4.78 is 14.6. The largest absolute Gasteiger partial charge is 0.495 e. The standard InChI is InChI=1S/C30H35ClN2O3.C30H35ClN2O2.C29H33ClN2O2.C28H31ClN2O2/c1-19(16-32-18-27(20(2)34)26-5-4-6-29(36-3)30(26)32)17-33-24-11-12-25(33)14-21(13-24)15-28(35)22-7-9-23(31)10-8-22;1-3-22-6-4-7-27-28(20(2)34)19-32(30(22)27)14-5-15-33-25-12-13-26(33)17-21(16-25)18-29(35)23-8-10-24(31)11-9-23;1-19-5-3-6-26-27(20(2)33)18-31(29(19)26)13-4-14-32-24-11-12-25(32)16-21(15-24)17-28(34)22-7-9-23(30)10-8-22;1-19(32)25-18-30(28-24(25)9-5-10-26(28)29)13-6-14-31-22-11-12-23(31)16-20(15-22)17-27(33)21-7-3-2-4-8-21/h4-10,18-19,21,24-25H,11-17H2,1-3H3;4,6-11,19,21,25-26H,3,5,12-18H2,1-2H3;3,5-10,18,21,24-25H,4,11-17H2,1-2H3;2-5,7-10,18,20,22-23H,6,11-17H2,1H3. The number of carbonyl (C=O) groups excluding carboxylic acids is 8. The first-order valence-corrected chi connectivity index (χ1v) is 52.3. The molecule has 8 saturated heterocycles. The van der Waals surface area contributed by atoms with Gasteiger partial charge in [0.2, 0.25) is 0 Å². The Morgan fingerprint density at radius 2 is 0.645 bits per heavy atom. The third-order valence-electron chi connectivity index (χ3n) is 31.8. The number of benzene rings is 8. The first kappa shape index (κ1) is 99.6. The zero-order valence-corrected chi connectivity index (χ0v) is 84.5. The molecule has 724 valence electrons. The van der Waals surface area contributed by atoms with Crippen LogP contribution in [0, 0.1) is 36.5 Å². The van der Waals surface area contributed by atoms with Gasteiger partial charge in [0.25, 0.3) is 0 Å². The summed E-state index contributed by atoms with van der Waals surface area (Å²) in [6.07, 6.45) is 33.6. The predicted octanol–water partition coefficient (Wildman–Crippen LogP) is 26.7. The van der Waals surface area contributed by atoms with E-state index in [1.165, 1.54) is 73.5 Å². The molecular formula is C117H134Cl4N8O9. The highest BCUT2D eigenvalue weighted by Gasteiger charge is 2.46. The number of halogens is 4. The van der Waals surface area contributed by atoms with Crippen LogP contribution >= 0.6 is 46.4 Å². The Bertz CT molecular complexity index is 6360. The Kier molecular flexibility index (Phi) is 32.4. The van der Waals surface area contributed by atoms with E-state index in [0.29, 0.717) is 124 Å². The second-order valence-electron chi connectivity index (χ2n) is 41.1. The molecule has 20 rings (SSSR count). The maximum Gasteiger partial charge on any atom is 0.163 e. The smallest absolute Gasteiger partial charge is 0.163 e. The van der Waals surface area contributed by atoms with Crippen molar-refractivity contribution in [3.05, 3.63) is 276 Å². The third-order valence-corrected chi connectivity index (χ3v) is 32.9. The average Bonchev–Trinajstić information content (AvgIpc) is 1.62. The van der Waals surface area contributed by atoms with E-state index in [9.17, 15) is 38.4 Å². The summed E-state index contributed by atoms with van der Waals surface area (Å²) in [4.78, 5) is 111. The molecule has 0 spiro atoms. The van der Waals surface area contributed by atoms with Crippen LogP contribution in [0.25, 0.3) is 43.6 Å².